The lowest BCUT2D eigenvalue weighted by Gasteiger charge is -2.17. The molecule has 19 heavy (non-hydrogen) atoms. The van der Waals surface area contributed by atoms with E-state index in [1.165, 1.54) is 36.3 Å². The number of benzene rings is 1. The quantitative estimate of drug-likeness (QED) is 0.351. The molecule has 0 aliphatic rings. The summed E-state index contributed by atoms with van der Waals surface area (Å²) in [4.78, 5) is 1.37. The van der Waals surface area contributed by atoms with Crippen LogP contribution in [-0.2, 0) is 0 Å². The van der Waals surface area contributed by atoms with E-state index in [2.05, 4.69) is 49.2 Å². The molecule has 0 aliphatic heterocycles. The van der Waals surface area contributed by atoms with Gasteiger partial charge < -0.3 is 5.32 Å². The maximum absolute atomic E-state index is 3.77. The Morgan fingerprint density at radius 2 is 2.00 bits per heavy atom. The number of hydrogen-bond donors (Lipinski definition) is 1. The SMILES string of the molecule is C=CCCCCCC(CSc1ccccc1)NCC. The molecular formula is C17H27NS. The average Bonchev–Trinajstić information content (AvgIpc) is 2.45. The van der Waals surface area contributed by atoms with Crippen LogP contribution in [0, 0.1) is 0 Å². The number of hydrogen-bond acceptors (Lipinski definition) is 2. The largest absolute Gasteiger partial charge is 0.313 e. The molecule has 0 amide bonds. The molecule has 0 fully saturated rings. The Hall–Kier alpha value is -0.730. The van der Waals surface area contributed by atoms with Crippen LogP contribution in [0.15, 0.2) is 47.9 Å². The normalized spacial score (nSPS) is 12.3. The summed E-state index contributed by atoms with van der Waals surface area (Å²) >= 11 is 1.96. The number of thioether (sulfide) groups is 1. The lowest BCUT2D eigenvalue weighted by atomic mass is 10.1. The molecule has 1 aromatic carbocycles. The van der Waals surface area contributed by atoms with E-state index in [4.69, 9.17) is 0 Å². The van der Waals surface area contributed by atoms with E-state index in [1.807, 2.05) is 17.8 Å². The molecule has 1 N–H and O–H groups in total. The van der Waals surface area contributed by atoms with Crippen molar-refractivity contribution in [1.82, 2.24) is 5.32 Å². The van der Waals surface area contributed by atoms with Gasteiger partial charge in [0.05, 0.1) is 0 Å². The van der Waals surface area contributed by atoms with Gasteiger partial charge in [-0.3, -0.25) is 0 Å². The fourth-order valence-electron chi connectivity index (χ4n) is 2.10. The third-order valence-electron chi connectivity index (χ3n) is 3.15. The molecule has 106 valence electrons. The van der Waals surface area contributed by atoms with Crippen LogP contribution in [0.1, 0.15) is 39.0 Å². The van der Waals surface area contributed by atoms with Crippen molar-refractivity contribution in [3.8, 4) is 0 Å². The van der Waals surface area contributed by atoms with Gasteiger partial charge in [0.1, 0.15) is 0 Å². The van der Waals surface area contributed by atoms with Gasteiger partial charge in [0, 0.05) is 16.7 Å². The first-order valence-corrected chi connectivity index (χ1v) is 8.37. The maximum Gasteiger partial charge on any atom is 0.0161 e. The van der Waals surface area contributed by atoms with Gasteiger partial charge in [-0.2, -0.15) is 0 Å². The lowest BCUT2D eigenvalue weighted by molar-refractivity contribution is 0.502. The van der Waals surface area contributed by atoms with Crippen LogP contribution in [0.5, 0.6) is 0 Å². The summed E-state index contributed by atoms with van der Waals surface area (Å²) in [6, 6.07) is 11.3. The first kappa shape index (κ1) is 16.3. The minimum Gasteiger partial charge on any atom is -0.313 e. The van der Waals surface area contributed by atoms with E-state index in [0.29, 0.717) is 6.04 Å². The van der Waals surface area contributed by atoms with Gasteiger partial charge in [-0.05, 0) is 37.9 Å². The summed E-state index contributed by atoms with van der Waals surface area (Å²) in [5, 5.41) is 3.60. The zero-order chi connectivity index (χ0) is 13.8. The van der Waals surface area contributed by atoms with E-state index >= 15 is 0 Å². The zero-order valence-electron chi connectivity index (χ0n) is 12.1. The second kappa shape index (κ2) is 11.1. The number of allylic oxidation sites excluding steroid dienone is 1. The van der Waals surface area contributed by atoms with Crippen LogP contribution < -0.4 is 5.32 Å². The molecule has 1 atom stereocenters. The summed E-state index contributed by atoms with van der Waals surface area (Å²) in [6.07, 6.45) is 8.39. The van der Waals surface area contributed by atoms with Crippen LogP contribution in [-0.4, -0.2) is 18.3 Å². The predicted octanol–water partition coefficient (Wildman–Crippen LogP) is 4.89. The topological polar surface area (TPSA) is 12.0 Å². The van der Waals surface area contributed by atoms with Gasteiger partial charge in [-0.25, -0.2) is 0 Å². The van der Waals surface area contributed by atoms with Crippen molar-refractivity contribution in [2.75, 3.05) is 12.3 Å². The first-order valence-electron chi connectivity index (χ1n) is 7.39. The third kappa shape index (κ3) is 8.12. The van der Waals surface area contributed by atoms with Crippen LogP contribution in [0.3, 0.4) is 0 Å². The third-order valence-corrected chi connectivity index (χ3v) is 4.32. The van der Waals surface area contributed by atoms with Crippen LogP contribution in [0.25, 0.3) is 0 Å². The summed E-state index contributed by atoms with van der Waals surface area (Å²) in [5.74, 6) is 1.17. The molecule has 1 rings (SSSR count). The average molecular weight is 277 g/mol. The van der Waals surface area contributed by atoms with Crippen molar-refractivity contribution in [2.24, 2.45) is 0 Å². The Morgan fingerprint density at radius 1 is 1.21 bits per heavy atom. The van der Waals surface area contributed by atoms with Crippen LogP contribution in [0.2, 0.25) is 0 Å². The van der Waals surface area contributed by atoms with Gasteiger partial charge in [0.2, 0.25) is 0 Å². The molecule has 0 aliphatic carbocycles. The molecule has 0 saturated carbocycles. The summed E-state index contributed by atoms with van der Waals surface area (Å²) in [7, 11) is 0. The molecule has 1 aromatic rings. The molecule has 0 bridgehead atoms. The highest BCUT2D eigenvalue weighted by molar-refractivity contribution is 7.99. The van der Waals surface area contributed by atoms with E-state index < -0.39 is 0 Å². The minimum absolute atomic E-state index is 0.638. The van der Waals surface area contributed by atoms with Crippen LogP contribution >= 0.6 is 11.8 Å². The maximum atomic E-state index is 3.77. The highest BCUT2D eigenvalue weighted by atomic mass is 32.2. The van der Waals surface area contributed by atoms with Crippen molar-refractivity contribution >= 4 is 11.8 Å². The van der Waals surface area contributed by atoms with Gasteiger partial charge in [-0.1, -0.05) is 44.0 Å². The zero-order valence-corrected chi connectivity index (χ0v) is 12.9. The molecule has 0 radical (unpaired) electrons. The molecule has 0 aromatic heterocycles. The molecule has 1 nitrogen and oxygen atoms in total. The number of nitrogens with one attached hydrogen (secondary N) is 1. The monoisotopic (exact) mass is 277 g/mol. The second-order valence-electron chi connectivity index (χ2n) is 4.81. The Kier molecular flexibility index (Phi) is 9.56. The van der Waals surface area contributed by atoms with Crippen molar-refractivity contribution < 1.29 is 0 Å². The van der Waals surface area contributed by atoms with Crippen LogP contribution in [0.4, 0.5) is 0 Å². The molecular weight excluding hydrogens is 250 g/mol. The van der Waals surface area contributed by atoms with E-state index in [-0.39, 0.29) is 0 Å². The standard InChI is InChI=1S/C17H27NS/c1-3-5-6-7-9-12-16(18-4-2)15-19-17-13-10-8-11-14-17/h3,8,10-11,13-14,16,18H,1,4-7,9,12,15H2,2H3. The Balaban J connectivity index is 2.22. The molecule has 0 saturated heterocycles. The first-order chi connectivity index (χ1) is 9.36. The van der Waals surface area contributed by atoms with E-state index in [9.17, 15) is 0 Å². The lowest BCUT2D eigenvalue weighted by Crippen LogP contribution is -2.31. The van der Waals surface area contributed by atoms with Gasteiger partial charge >= 0.3 is 0 Å². The molecule has 2 heteroatoms. The fourth-order valence-corrected chi connectivity index (χ4v) is 3.13. The fraction of sp³-hybridized carbons (Fsp3) is 0.529. The second-order valence-corrected chi connectivity index (χ2v) is 5.90. The van der Waals surface area contributed by atoms with Gasteiger partial charge in [0.25, 0.3) is 0 Å². The van der Waals surface area contributed by atoms with Crippen molar-refractivity contribution in [1.29, 1.82) is 0 Å². The minimum atomic E-state index is 0.638. The summed E-state index contributed by atoms with van der Waals surface area (Å²) in [6.45, 7) is 7.02. The van der Waals surface area contributed by atoms with E-state index in [0.717, 1.165) is 13.0 Å². The number of unbranched alkanes of at least 4 members (excludes halogenated alkanes) is 3. The van der Waals surface area contributed by atoms with Crippen molar-refractivity contribution in [2.45, 2.75) is 50.0 Å². The highest BCUT2D eigenvalue weighted by Gasteiger charge is 2.07. The predicted molar refractivity (Wildman–Crippen MR) is 87.9 cm³/mol. The highest BCUT2D eigenvalue weighted by Crippen LogP contribution is 2.19. The Labute approximate surface area is 122 Å². The van der Waals surface area contributed by atoms with Gasteiger partial charge in [0.15, 0.2) is 0 Å². The summed E-state index contributed by atoms with van der Waals surface area (Å²) < 4.78 is 0. The summed E-state index contributed by atoms with van der Waals surface area (Å²) in [5.41, 5.74) is 0. The Morgan fingerprint density at radius 3 is 2.68 bits per heavy atom. The van der Waals surface area contributed by atoms with E-state index in [1.54, 1.807) is 0 Å². The Bertz CT molecular complexity index is 323. The van der Waals surface area contributed by atoms with Crippen molar-refractivity contribution in [3.05, 3.63) is 43.0 Å². The smallest absolute Gasteiger partial charge is 0.0161 e. The molecule has 0 heterocycles. The number of rotatable bonds is 11. The molecule has 0 spiro atoms. The van der Waals surface area contributed by atoms with Crippen molar-refractivity contribution in [3.63, 3.8) is 0 Å². The van der Waals surface area contributed by atoms with Gasteiger partial charge in [-0.15, -0.1) is 18.3 Å². The molecule has 1 unspecified atom stereocenters.